The monoisotopic (exact) mass is 359 g/mol. The van der Waals surface area contributed by atoms with E-state index in [2.05, 4.69) is 38.7 Å². The minimum atomic E-state index is -0.396. The maximum Gasteiger partial charge on any atom is 0.251 e. The van der Waals surface area contributed by atoms with Crippen molar-refractivity contribution in [3.8, 4) is 0 Å². The van der Waals surface area contributed by atoms with Crippen LogP contribution < -0.4 is 21.5 Å². The number of carbonyl (C=O) groups is 1. The van der Waals surface area contributed by atoms with Crippen LogP contribution in [0.25, 0.3) is 0 Å². The number of hydrazine groups is 1. The standard InChI is InChI=1S/C19H29N5O2/c25-19(18-10-17(23-26-18)16-8-4-5-9-20-16)22-15-11-21-24(13-15)12-14-6-2-1-3-7-14/h1-3,6-7,15-18,20-21,23H,4-5,8-13H2,(H,22,25). The smallest absolute Gasteiger partial charge is 0.251 e. The van der Waals surface area contributed by atoms with Gasteiger partial charge in [0.25, 0.3) is 5.91 Å². The van der Waals surface area contributed by atoms with E-state index in [-0.39, 0.29) is 18.0 Å². The van der Waals surface area contributed by atoms with E-state index in [1.165, 1.54) is 18.4 Å². The van der Waals surface area contributed by atoms with E-state index in [0.29, 0.717) is 6.04 Å². The van der Waals surface area contributed by atoms with E-state index < -0.39 is 6.10 Å². The van der Waals surface area contributed by atoms with Gasteiger partial charge in [0.05, 0.1) is 12.1 Å². The molecule has 0 radical (unpaired) electrons. The Morgan fingerprint density at radius 2 is 2.12 bits per heavy atom. The van der Waals surface area contributed by atoms with Crippen LogP contribution in [0.15, 0.2) is 30.3 Å². The van der Waals surface area contributed by atoms with Crippen LogP contribution >= 0.6 is 0 Å². The van der Waals surface area contributed by atoms with Crippen molar-refractivity contribution in [3.63, 3.8) is 0 Å². The van der Waals surface area contributed by atoms with Gasteiger partial charge in [-0.15, -0.1) is 0 Å². The summed E-state index contributed by atoms with van der Waals surface area (Å²) in [6, 6.07) is 11.1. The molecule has 0 saturated carbocycles. The van der Waals surface area contributed by atoms with Gasteiger partial charge < -0.3 is 10.6 Å². The molecule has 7 nitrogen and oxygen atoms in total. The molecule has 0 aromatic heterocycles. The number of carbonyl (C=O) groups excluding carboxylic acids is 1. The lowest BCUT2D eigenvalue weighted by Gasteiger charge is -2.27. The highest BCUT2D eigenvalue weighted by Crippen LogP contribution is 2.20. The van der Waals surface area contributed by atoms with Crippen LogP contribution in [0.4, 0.5) is 0 Å². The Balaban J connectivity index is 1.21. The quantitative estimate of drug-likeness (QED) is 0.606. The first kappa shape index (κ1) is 17.9. The van der Waals surface area contributed by atoms with E-state index >= 15 is 0 Å². The number of hydrogen-bond acceptors (Lipinski definition) is 6. The second kappa shape index (κ2) is 8.45. The number of hydrogen-bond donors (Lipinski definition) is 4. The lowest BCUT2D eigenvalue weighted by molar-refractivity contribution is -0.133. The predicted octanol–water partition coefficient (Wildman–Crippen LogP) is 0.296. The van der Waals surface area contributed by atoms with Crippen molar-refractivity contribution in [2.24, 2.45) is 0 Å². The second-order valence-electron chi connectivity index (χ2n) is 7.56. The molecule has 26 heavy (non-hydrogen) atoms. The highest BCUT2D eigenvalue weighted by atomic mass is 16.7. The Morgan fingerprint density at radius 3 is 2.92 bits per heavy atom. The molecule has 4 unspecified atom stereocenters. The molecule has 0 bridgehead atoms. The van der Waals surface area contributed by atoms with Crippen LogP contribution in [0.3, 0.4) is 0 Å². The Kier molecular flexibility index (Phi) is 5.81. The SMILES string of the molecule is O=C(NC1CNN(Cc2ccccc2)C1)C1CC(C2CCCCN2)NO1. The van der Waals surface area contributed by atoms with Crippen molar-refractivity contribution >= 4 is 5.91 Å². The van der Waals surface area contributed by atoms with Gasteiger partial charge in [0.15, 0.2) is 6.10 Å². The molecular formula is C19H29N5O2. The zero-order chi connectivity index (χ0) is 17.8. The fourth-order valence-electron chi connectivity index (χ4n) is 4.08. The van der Waals surface area contributed by atoms with Gasteiger partial charge in [-0.1, -0.05) is 36.8 Å². The van der Waals surface area contributed by atoms with Crippen molar-refractivity contribution in [2.75, 3.05) is 19.6 Å². The topological polar surface area (TPSA) is 77.7 Å². The van der Waals surface area contributed by atoms with Crippen LogP contribution in [0, 0.1) is 0 Å². The Morgan fingerprint density at radius 1 is 1.23 bits per heavy atom. The molecule has 3 saturated heterocycles. The lowest BCUT2D eigenvalue weighted by Crippen LogP contribution is -2.47. The maximum absolute atomic E-state index is 12.6. The molecule has 3 aliphatic heterocycles. The van der Waals surface area contributed by atoms with Gasteiger partial charge in [0.2, 0.25) is 0 Å². The largest absolute Gasteiger partial charge is 0.348 e. The third-order valence-corrected chi connectivity index (χ3v) is 5.52. The van der Waals surface area contributed by atoms with E-state index in [0.717, 1.165) is 39.0 Å². The third-order valence-electron chi connectivity index (χ3n) is 5.52. The summed E-state index contributed by atoms with van der Waals surface area (Å²) in [5.41, 5.74) is 7.70. The zero-order valence-electron chi connectivity index (χ0n) is 15.1. The zero-order valence-corrected chi connectivity index (χ0v) is 15.1. The van der Waals surface area contributed by atoms with Crippen molar-refractivity contribution in [2.45, 2.75) is 56.5 Å². The van der Waals surface area contributed by atoms with Crippen LogP contribution in [-0.2, 0) is 16.2 Å². The van der Waals surface area contributed by atoms with Crippen molar-refractivity contribution in [1.82, 2.24) is 26.5 Å². The molecule has 142 valence electrons. The van der Waals surface area contributed by atoms with Gasteiger partial charge in [0, 0.05) is 32.1 Å². The number of amides is 1. The van der Waals surface area contributed by atoms with Gasteiger partial charge >= 0.3 is 0 Å². The van der Waals surface area contributed by atoms with Crippen molar-refractivity contribution in [3.05, 3.63) is 35.9 Å². The molecule has 0 aliphatic carbocycles. The molecular weight excluding hydrogens is 330 g/mol. The minimum absolute atomic E-state index is 0.0100. The molecule has 4 atom stereocenters. The molecule has 3 aliphatic rings. The maximum atomic E-state index is 12.6. The van der Waals surface area contributed by atoms with Gasteiger partial charge in [-0.25, -0.2) is 5.01 Å². The lowest BCUT2D eigenvalue weighted by atomic mass is 9.95. The van der Waals surface area contributed by atoms with E-state index in [1.807, 2.05) is 18.2 Å². The number of piperidine rings is 1. The van der Waals surface area contributed by atoms with Crippen LogP contribution in [0.2, 0.25) is 0 Å². The third kappa shape index (κ3) is 4.42. The summed E-state index contributed by atoms with van der Waals surface area (Å²) in [7, 11) is 0. The summed E-state index contributed by atoms with van der Waals surface area (Å²) in [5, 5.41) is 8.82. The summed E-state index contributed by atoms with van der Waals surface area (Å²) >= 11 is 0. The van der Waals surface area contributed by atoms with Crippen LogP contribution in [0.1, 0.15) is 31.2 Å². The normalized spacial score (nSPS) is 32.6. The fourth-order valence-corrected chi connectivity index (χ4v) is 4.08. The van der Waals surface area contributed by atoms with Gasteiger partial charge in [-0.2, -0.15) is 5.48 Å². The molecule has 4 rings (SSSR count). The summed E-state index contributed by atoms with van der Waals surface area (Å²) in [4.78, 5) is 18.1. The first-order chi connectivity index (χ1) is 12.8. The highest BCUT2D eigenvalue weighted by molar-refractivity contribution is 5.81. The van der Waals surface area contributed by atoms with Crippen molar-refractivity contribution < 1.29 is 9.63 Å². The van der Waals surface area contributed by atoms with E-state index in [1.54, 1.807) is 0 Å². The van der Waals surface area contributed by atoms with Gasteiger partial charge in [0.1, 0.15) is 0 Å². The summed E-state index contributed by atoms with van der Waals surface area (Å²) in [5.74, 6) is -0.0100. The Bertz CT molecular complexity index is 593. The first-order valence-electron chi connectivity index (χ1n) is 9.75. The van der Waals surface area contributed by atoms with Crippen molar-refractivity contribution in [1.29, 1.82) is 0 Å². The number of nitrogens with one attached hydrogen (secondary N) is 4. The highest BCUT2D eigenvalue weighted by Gasteiger charge is 2.37. The molecule has 1 aromatic rings. The number of benzene rings is 1. The molecule has 1 amide bonds. The minimum Gasteiger partial charge on any atom is -0.348 e. The Hall–Kier alpha value is -1.51. The summed E-state index contributed by atoms with van der Waals surface area (Å²) in [6.07, 6.45) is 3.97. The first-order valence-corrected chi connectivity index (χ1v) is 9.75. The molecule has 3 heterocycles. The number of hydroxylamine groups is 1. The van der Waals surface area contributed by atoms with E-state index in [4.69, 9.17) is 4.84 Å². The number of rotatable bonds is 5. The predicted molar refractivity (Wildman–Crippen MR) is 98.8 cm³/mol. The van der Waals surface area contributed by atoms with Gasteiger partial charge in [-0.3, -0.25) is 15.1 Å². The van der Waals surface area contributed by atoms with Crippen LogP contribution in [-0.4, -0.2) is 54.8 Å². The van der Waals surface area contributed by atoms with Crippen LogP contribution in [0.5, 0.6) is 0 Å². The fraction of sp³-hybridized carbons (Fsp3) is 0.632. The summed E-state index contributed by atoms with van der Waals surface area (Å²) in [6.45, 7) is 3.45. The molecule has 1 aromatic carbocycles. The molecule has 4 N–H and O–H groups in total. The van der Waals surface area contributed by atoms with Gasteiger partial charge in [-0.05, 0) is 24.9 Å². The molecule has 7 heteroatoms. The molecule has 0 spiro atoms. The average Bonchev–Trinajstić information content (AvgIpc) is 3.33. The molecule has 3 fully saturated rings. The average molecular weight is 359 g/mol. The Labute approximate surface area is 154 Å². The van der Waals surface area contributed by atoms with E-state index in [9.17, 15) is 4.79 Å². The second-order valence-corrected chi connectivity index (χ2v) is 7.56. The summed E-state index contributed by atoms with van der Waals surface area (Å²) < 4.78 is 0. The number of nitrogens with zero attached hydrogens (tertiary/aromatic N) is 1.